The molecule has 1 aromatic heterocycles. The zero-order chi connectivity index (χ0) is 12.4. The summed E-state index contributed by atoms with van der Waals surface area (Å²) in [6.07, 6.45) is 1.61. The third-order valence-corrected chi connectivity index (χ3v) is 3.16. The fourth-order valence-corrected chi connectivity index (χ4v) is 2.21. The Balaban J connectivity index is 2.23. The van der Waals surface area contributed by atoms with Gasteiger partial charge in [0.15, 0.2) is 5.78 Å². The quantitative estimate of drug-likeness (QED) is 0.818. The zero-order valence-electron chi connectivity index (χ0n) is 9.02. The first-order valence-corrected chi connectivity index (χ1v) is 6.06. The summed E-state index contributed by atoms with van der Waals surface area (Å²) in [4.78, 5) is 16.0. The molecule has 1 heterocycles. The van der Waals surface area contributed by atoms with E-state index in [2.05, 4.69) is 26.0 Å². The SMILES string of the molecule is Cn1ncnc1CC(=O)c1ccc(Br)cc1Cl. The Kier molecular flexibility index (Phi) is 3.59. The molecule has 2 rings (SSSR count). The van der Waals surface area contributed by atoms with Crippen molar-refractivity contribution in [3.63, 3.8) is 0 Å². The van der Waals surface area contributed by atoms with Crippen LogP contribution in [0.5, 0.6) is 0 Å². The Bertz CT molecular complexity index is 568. The van der Waals surface area contributed by atoms with Crippen LogP contribution in [0.2, 0.25) is 5.02 Å². The van der Waals surface area contributed by atoms with E-state index in [0.29, 0.717) is 16.4 Å². The van der Waals surface area contributed by atoms with Crippen LogP contribution in [0.25, 0.3) is 0 Å². The minimum absolute atomic E-state index is 0.0707. The van der Waals surface area contributed by atoms with Crippen LogP contribution in [0, 0.1) is 0 Å². The van der Waals surface area contributed by atoms with Crippen molar-refractivity contribution in [1.82, 2.24) is 14.8 Å². The largest absolute Gasteiger partial charge is 0.294 e. The molecule has 4 nitrogen and oxygen atoms in total. The molecule has 0 aliphatic rings. The Morgan fingerprint density at radius 1 is 1.53 bits per heavy atom. The number of Topliss-reactive ketones (excluding diaryl/α,β-unsaturated/α-hetero) is 1. The highest BCUT2D eigenvalue weighted by Gasteiger charge is 2.13. The molecule has 0 saturated carbocycles. The van der Waals surface area contributed by atoms with Gasteiger partial charge in [-0.15, -0.1) is 0 Å². The summed E-state index contributed by atoms with van der Waals surface area (Å²) in [5.41, 5.74) is 0.498. The molecule has 17 heavy (non-hydrogen) atoms. The molecular formula is C11H9BrClN3O. The predicted molar refractivity (Wildman–Crippen MR) is 68.2 cm³/mol. The molecule has 0 aliphatic carbocycles. The van der Waals surface area contributed by atoms with Crippen molar-refractivity contribution in [2.24, 2.45) is 7.05 Å². The van der Waals surface area contributed by atoms with Crippen molar-refractivity contribution in [1.29, 1.82) is 0 Å². The van der Waals surface area contributed by atoms with Gasteiger partial charge in [0.25, 0.3) is 0 Å². The Morgan fingerprint density at radius 2 is 2.29 bits per heavy atom. The molecule has 0 unspecified atom stereocenters. The fraction of sp³-hybridized carbons (Fsp3) is 0.182. The molecule has 0 amide bonds. The van der Waals surface area contributed by atoms with E-state index in [4.69, 9.17) is 11.6 Å². The van der Waals surface area contributed by atoms with Crippen molar-refractivity contribution >= 4 is 33.3 Å². The molecular weight excluding hydrogens is 305 g/mol. The lowest BCUT2D eigenvalue weighted by atomic mass is 10.1. The molecule has 0 fully saturated rings. The smallest absolute Gasteiger partial charge is 0.171 e. The lowest BCUT2D eigenvalue weighted by Gasteiger charge is -2.03. The van der Waals surface area contributed by atoms with Crippen LogP contribution in [-0.2, 0) is 13.5 Å². The third-order valence-electron chi connectivity index (χ3n) is 2.36. The molecule has 0 N–H and O–H groups in total. The van der Waals surface area contributed by atoms with Crippen molar-refractivity contribution in [3.05, 3.63) is 45.4 Å². The zero-order valence-corrected chi connectivity index (χ0v) is 11.4. The Labute approximate surface area is 112 Å². The molecule has 88 valence electrons. The van der Waals surface area contributed by atoms with Gasteiger partial charge in [-0.25, -0.2) is 4.98 Å². The number of carbonyl (C=O) groups is 1. The highest BCUT2D eigenvalue weighted by Crippen LogP contribution is 2.22. The number of aromatic nitrogens is 3. The minimum Gasteiger partial charge on any atom is -0.294 e. The van der Waals surface area contributed by atoms with Crippen molar-refractivity contribution < 1.29 is 4.79 Å². The molecule has 6 heteroatoms. The first-order valence-electron chi connectivity index (χ1n) is 4.89. The number of benzene rings is 1. The third kappa shape index (κ3) is 2.73. The number of halogens is 2. The molecule has 0 saturated heterocycles. The van der Waals surface area contributed by atoms with E-state index < -0.39 is 0 Å². The second-order valence-corrected chi connectivity index (χ2v) is 4.85. The molecule has 1 aromatic carbocycles. The van der Waals surface area contributed by atoms with Crippen LogP contribution < -0.4 is 0 Å². The van der Waals surface area contributed by atoms with E-state index in [9.17, 15) is 4.79 Å². The Morgan fingerprint density at radius 3 is 2.88 bits per heavy atom. The van der Waals surface area contributed by atoms with E-state index in [1.165, 1.54) is 6.33 Å². The van der Waals surface area contributed by atoms with Crippen LogP contribution in [0.4, 0.5) is 0 Å². The molecule has 2 aromatic rings. The number of nitrogens with zero attached hydrogens (tertiary/aromatic N) is 3. The maximum absolute atomic E-state index is 12.0. The highest BCUT2D eigenvalue weighted by atomic mass is 79.9. The highest BCUT2D eigenvalue weighted by molar-refractivity contribution is 9.10. The van der Waals surface area contributed by atoms with E-state index in [1.807, 2.05) is 0 Å². The van der Waals surface area contributed by atoms with E-state index >= 15 is 0 Å². The van der Waals surface area contributed by atoms with Gasteiger partial charge in [0.1, 0.15) is 12.2 Å². The summed E-state index contributed by atoms with van der Waals surface area (Å²) in [5, 5.41) is 4.35. The second-order valence-electron chi connectivity index (χ2n) is 3.52. The van der Waals surface area contributed by atoms with Crippen molar-refractivity contribution in [2.45, 2.75) is 6.42 Å². The summed E-state index contributed by atoms with van der Waals surface area (Å²) in [5.74, 6) is 0.549. The number of hydrogen-bond donors (Lipinski definition) is 0. The molecule has 0 spiro atoms. The Hall–Kier alpha value is -1.20. The van der Waals surface area contributed by atoms with Crippen LogP contribution >= 0.6 is 27.5 Å². The van der Waals surface area contributed by atoms with Crippen LogP contribution in [0.15, 0.2) is 29.0 Å². The summed E-state index contributed by atoms with van der Waals surface area (Å²) in [6.45, 7) is 0. The first-order chi connectivity index (χ1) is 8.08. The van der Waals surface area contributed by atoms with Gasteiger partial charge in [0.05, 0.1) is 11.4 Å². The van der Waals surface area contributed by atoms with Crippen LogP contribution in [0.3, 0.4) is 0 Å². The van der Waals surface area contributed by atoms with Crippen LogP contribution in [-0.4, -0.2) is 20.5 Å². The van der Waals surface area contributed by atoms with Crippen molar-refractivity contribution in [2.75, 3.05) is 0 Å². The standard InChI is InChI=1S/C11H9BrClN3O/c1-16-11(14-6-15-16)5-10(17)8-3-2-7(12)4-9(8)13/h2-4,6H,5H2,1H3. The summed E-state index contributed by atoms with van der Waals surface area (Å²) in [7, 11) is 1.75. The lowest BCUT2D eigenvalue weighted by Crippen LogP contribution is -2.09. The molecule has 0 atom stereocenters. The van der Waals surface area contributed by atoms with Gasteiger partial charge < -0.3 is 0 Å². The van der Waals surface area contributed by atoms with Crippen LogP contribution in [0.1, 0.15) is 16.2 Å². The number of aryl methyl sites for hydroxylation is 1. The fourth-order valence-electron chi connectivity index (χ4n) is 1.43. The van der Waals surface area contributed by atoms with Crippen molar-refractivity contribution in [3.8, 4) is 0 Å². The maximum Gasteiger partial charge on any atom is 0.171 e. The number of rotatable bonds is 3. The summed E-state index contributed by atoms with van der Waals surface area (Å²) in [6, 6.07) is 5.19. The normalized spacial score (nSPS) is 10.5. The monoisotopic (exact) mass is 313 g/mol. The average Bonchev–Trinajstić information content (AvgIpc) is 2.64. The predicted octanol–water partition coefficient (Wildman–Crippen LogP) is 2.66. The van der Waals surface area contributed by atoms with Gasteiger partial charge >= 0.3 is 0 Å². The number of ketones is 1. The molecule has 0 radical (unpaired) electrons. The van der Waals surface area contributed by atoms with E-state index in [1.54, 1.807) is 29.9 Å². The average molecular weight is 315 g/mol. The number of carbonyl (C=O) groups excluding carboxylic acids is 1. The topological polar surface area (TPSA) is 47.8 Å². The maximum atomic E-state index is 12.0. The lowest BCUT2D eigenvalue weighted by molar-refractivity contribution is 0.0990. The van der Waals surface area contributed by atoms with E-state index in [0.717, 1.165) is 4.47 Å². The van der Waals surface area contributed by atoms with Gasteiger partial charge in [-0.1, -0.05) is 27.5 Å². The van der Waals surface area contributed by atoms with Gasteiger partial charge in [-0.3, -0.25) is 9.48 Å². The summed E-state index contributed by atoms with van der Waals surface area (Å²) >= 11 is 9.31. The van der Waals surface area contributed by atoms with Gasteiger partial charge in [-0.05, 0) is 18.2 Å². The summed E-state index contributed by atoms with van der Waals surface area (Å²) < 4.78 is 2.42. The molecule has 0 aliphatic heterocycles. The number of hydrogen-bond acceptors (Lipinski definition) is 3. The second kappa shape index (κ2) is 4.98. The van der Waals surface area contributed by atoms with Gasteiger partial charge in [-0.2, -0.15) is 5.10 Å². The van der Waals surface area contributed by atoms with E-state index in [-0.39, 0.29) is 12.2 Å². The van der Waals surface area contributed by atoms with Gasteiger partial charge in [0.2, 0.25) is 0 Å². The first kappa shape index (κ1) is 12.3. The van der Waals surface area contributed by atoms with Gasteiger partial charge in [0, 0.05) is 17.1 Å². The minimum atomic E-state index is -0.0707. The molecule has 0 bridgehead atoms.